The van der Waals surface area contributed by atoms with Crippen LogP contribution in [0.15, 0.2) is 43.0 Å². The van der Waals surface area contributed by atoms with Crippen LogP contribution in [0.1, 0.15) is 68.7 Å². The van der Waals surface area contributed by atoms with Crippen molar-refractivity contribution in [1.82, 2.24) is 14.8 Å². The van der Waals surface area contributed by atoms with Crippen molar-refractivity contribution >= 4 is 0 Å². The number of rotatable bonds is 6. The molecule has 0 bridgehead atoms. The van der Waals surface area contributed by atoms with Crippen LogP contribution < -0.4 is 0 Å². The molecule has 2 heterocycles. The third kappa shape index (κ3) is 2.76. The highest BCUT2D eigenvalue weighted by atomic mass is 19.1. The van der Waals surface area contributed by atoms with Crippen LogP contribution in [0.25, 0.3) is 0 Å². The quantitative estimate of drug-likeness (QED) is 0.674. The summed E-state index contributed by atoms with van der Waals surface area (Å²) in [5.41, 5.74) is 0.341. The molecule has 1 aromatic heterocycles. The van der Waals surface area contributed by atoms with Gasteiger partial charge in [0.25, 0.3) is 0 Å². The number of allylic oxidation sites excluding steroid dienone is 1. The number of hydrogen-bond acceptors (Lipinski definition) is 2. The Kier molecular flexibility index (Phi) is 4.52. The fourth-order valence-corrected chi connectivity index (χ4v) is 3.33. The maximum absolute atomic E-state index is 15.1. The molecule has 0 fully saturated rings. The van der Waals surface area contributed by atoms with E-state index in [1.54, 1.807) is 10.8 Å². The number of benzene rings is 1. The molecule has 1 aliphatic heterocycles. The van der Waals surface area contributed by atoms with Crippen LogP contribution in [0.3, 0.4) is 0 Å². The van der Waals surface area contributed by atoms with Gasteiger partial charge in [0.2, 0.25) is 0 Å². The molecule has 0 saturated carbocycles. The van der Waals surface area contributed by atoms with Crippen LogP contribution in [0, 0.1) is 5.41 Å². The first-order valence-corrected chi connectivity index (χ1v) is 8.40. The molecule has 128 valence electrons. The van der Waals surface area contributed by atoms with E-state index in [1.165, 1.54) is 0 Å². The van der Waals surface area contributed by atoms with Gasteiger partial charge in [0.1, 0.15) is 0 Å². The van der Waals surface area contributed by atoms with Gasteiger partial charge < -0.3 is 0 Å². The molecule has 0 spiro atoms. The molecule has 4 atom stereocenters. The second kappa shape index (κ2) is 6.46. The number of aromatic nitrogens is 3. The lowest BCUT2D eigenvalue weighted by Gasteiger charge is -2.29. The second-order valence-electron chi connectivity index (χ2n) is 6.77. The van der Waals surface area contributed by atoms with E-state index < -0.39 is 17.8 Å². The summed E-state index contributed by atoms with van der Waals surface area (Å²) in [5.74, 6) is 0.318. The highest BCUT2D eigenvalue weighted by Crippen LogP contribution is 2.45. The zero-order valence-corrected chi connectivity index (χ0v) is 14.1. The van der Waals surface area contributed by atoms with Crippen molar-refractivity contribution in [3.05, 3.63) is 60.2 Å². The molecule has 0 N–H and O–H groups in total. The molecule has 0 amide bonds. The molecule has 2 aromatic rings. The largest absolute Gasteiger partial charge is 0.239 e. The predicted octanol–water partition coefficient (Wildman–Crippen LogP) is 5.28. The molecule has 0 aliphatic carbocycles. The number of alkyl halides is 2. The fraction of sp³-hybridized carbons (Fsp3) is 0.474. The van der Waals surface area contributed by atoms with Gasteiger partial charge in [0.05, 0.1) is 6.04 Å². The highest BCUT2D eigenvalue weighted by molar-refractivity contribution is 5.24. The standard InChI is InChI=1S/C19H23F2N3/c1-4-11-19(3,5-2)16(21)17-22-18-14(20)12-15(24(18)23-17)13-9-7-6-8-10-13/h4,6-10,14-16H,1,5,11-12H2,2-3H3/t14-,15-,16-,19?/m0/s1. The van der Waals surface area contributed by atoms with Crippen LogP contribution in [0.2, 0.25) is 0 Å². The van der Waals surface area contributed by atoms with Crippen molar-refractivity contribution in [2.45, 2.75) is 51.5 Å². The second-order valence-corrected chi connectivity index (χ2v) is 6.77. The molecule has 5 heteroatoms. The molecular weight excluding hydrogens is 308 g/mol. The van der Waals surface area contributed by atoms with E-state index >= 15 is 4.39 Å². The van der Waals surface area contributed by atoms with Crippen LogP contribution >= 0.6 is 0 Å². The topological polar surface area (TPSA) is 30.7 Å². The molecule has 3 rings (SSSR count). The Morgan fingerprint density at radius 3 is 2.75 bits per heavy atom. The van der Waals surface area contributed by atoms with E-state index in [0.717, 1.165) is 5.56 Å². The van der Waals surface area contributed by atoms with Gasteiger partial charge >= 0.3 is 0 Å². The van der Waals surface area contributed by atoms with Crippen molar-refractivity contribution in [3.63, 3.8) is 0 Å². The number of hydrogen-bond donors (Lipinski definition) is 0. The molecule has 0 radical (unpaired) electrons. The van der Waals surface area contributed by atoms with Gasteiger partial charge in [-0.25, -0.2) is 18.4 Å². The molecule has 1 unspecified atom stereocenters. The Morgan fingerprint density at radius 2 is 2.12 bits per heavy atom. The first kappa shape index (κ1) is 16.8. The van der Waals surface area contributed by atoms with Crippen LogP contribution in [-0.4, -0.2) is 14.8 Å². The third-order valence-electron chi connectivity index (χ3n) is 5.12. The average molecular weight is 331 g/mol. The monoisotopic (exact) mass is 331 g/mol. The van der Waals surface area contributed by atoms with Crippen LogP contribution in [0.5, 0.6) is 0 Å². The first-order chi connectivity index (χ1) is 11.5. The Morgan fingerprint density at radius 1 is 1.42 bits per heavy atom. The summed E-state index contributed by atoms with van der Waals surface area (Å²) in [6, 6.07) is 9.39. The number of nitrogens with zero attached hydrogens (tertiary/aromatic N) is 3. The molecule has 24 heavy (non-hydrogen) atoms. The smallest absolute Gasteiger partial charge is 0.185 e. The number of halogens is 2. The van der Waals surface area contributed by atoms with E-state index in [-0.39, 0.29) is 17.7 Å². The van der Waals surface area contributed by atoms with Gasteiger partial charge in [-0.1, -0.05) is 50.3 Å². The molecule has 0 saturated heterocycles. The van der Waals surface area contributed by atoms with E-state index in [1.807, 2.05) is 44.2 Å². The first-order valence-electron chi connectivity index (χ1n) is 8.40. The van der Waals surface area contributed by atoms with Gasteiger partial charge in [-0.05, 0) is 18.4 Å². The summed E-state index contributed by atoms with van der Waals surface area (Å²) in [5, 5.41) is 4.35. The lowest BCUT2D eigenvalue weighted by Crippen LogP contribution is -2.23. The van der Waals surface area contributed by atoms with Gasteiger partial charge in [-0.3, -0.25) is 0 Å². The summed E-state index contributed by atoms with van der Waals surface area (Å²) >= 11 is 0. The third-order valence-corrected chi connectivity index (χ3v) is 5.12. The predicted molar refractivity (Wildman–Crippen MR) is 90.1 cm³/mol. The van der Waals surface area contributed by atoms with E-state index in [4.69, 9.17) is 0 Å². The van der Waals surface area contributed by atoms with Crippen molar-refractivity contribution in [1.29, 1.82) is 0 Å². The van der Waals surface area contributed by atoms with Crippen LogP contribution in [-0.2, 0) is 0 Å². The average Bonchev–Trinajstić information content (AvgIpc) is 3.16. The minimum atomic E-state index is -1.35. The van der Waals surface area contributed by atoms with Gasteiger partial charge in [0, 0.05) is 11.8 Å². The maximum atomic E-state index is 15.1. The van der Waals surface area contributed by atoms with Crippen molar-refractivity contribution in [2.24, 2.45) is 5.41 Å². The summed E-state index contributed by atoms with van der Waals surface area (Å²) in [4.78, 5) is 4.21. The minimum absolute atomic E-state index is 0.0829. The van der Waals surface area contributed by atoms with E-state index in [2.05, 4.69) is 16.7 Å². The molecular formula is C19H23F2N3. The van der Waals surface area contributed by atoms with Gasteiger partial charge in [-0.2, -0.15) is 5.10 Å². The van der Waals surface area contributed by atoms with Crippen molar-refractivity contribution in [3.8, 4) is 0 Å². The zero-order valence-electron chi connectivity index (χ0n) is 14.1. The Hall–Kier alpha value is -2.04. The lowest BCUT2D eigenvalue weighted by atomic mass is 9.79. The van der Waals surface area contributed by atoms with Gasteiger partial charge in [0.15, 0.2) is 24.0 Å². The Balaban J connectivity index is 1.95. The molecule has 3 nitrogen and oxygen atoms in total. The molecule has 1 aromatic carbocycles. The molecule has 1 aliphatic rings. The summed E-state index contributed by atoms with van der Waals surface area (Å²) in [6.07, 6.45) is 0.609. The minimum Gasteiger partial charge on any atom is -0.239 e. The fourth-order valence-electron chi connectivity index (χ4n) is 3.33. The summed E-state index contributed by atoms with van der Waals surface area (Å²) < 4.78 is 31.0. The van der Waals surface area contributed by atoms with E-state index in [0.29, 0.717) is 19.3 Å². The van der Waals surface area contributed by atoms with E-state index in [9.17, 15) is 4.39 Å². The lowest BCUT2D eigenvalue weighted by molar-refractivity contribution is 0.113. The van der Waals surface area contributed by atoms with Crippen molar-refractivity contribution < 1.29 is 8.78 Å². The zero-order chi connectivity index (χ0) is 17.3. The van der Waals surface area contributed by atoms with Crippen molar-refractivity contribution in [2.75, 3.05) is 0 Å². The maximum Gasteiger partial charge on any atom is 0.185 e. The Labute approximate surface area is 141 Å². The Bertz CT molecular complexity index is 713. The normalized spacial score (nSPS) is 23.5. The summed E-state index contributed by atoms with van der Waals surface area (Å²) in [6.45, 7) is 7.50. The van der Waals surface area contributed by atoms with Crippen LogP contribution in [0.4, 0.5) is 8.78 Å². The summed E-state index contributed by atoms with van der Waals surface area (Å²) in [7, 11) is 0. The van der Waals surface area contributed by atoms with Gasteiger partial charge in [-0.15, -0.1) is 6.58 Å². The SMILES string of the molecule is C=CCC(C)(CC)[C@@H](F)c1nc2n(n1)[C@H](c1ccccc1)C[C@@H]2F. The number of fused-ring (bicyclic) bond motifs is 1. The highest BCUT2D eigenvalue weighted by Gasteiger charge is 2.40.